The largest absolute Gasteiger partial charge is 0.458 e. The maximum absolute atomic E-state index is 13.4. The number of carbonyl (C=O) groups excluding carboxylic acids is 4. The molecule has 2 aliphatic rings. The number of imidazole rings is 2. The Morgan fingerprint density at radius 2 is 0.965 bits per heavy atom. The van der Waals surface area contributed by atoms with Crippen molar-refractivity contribution in [2.24, 2.45) is 22.7 Å². The van der Waals surface area contributed by atoms with Gasteiger partial charge in [0.1, 0.15) is 11.6 Å². The predicted molar refractivity (Wildman–Crippen MR) is 340 cm³/mol. The summed E-state index contributed by atoms with van der Waals surface area (Å²) in [6, 6.07) is 39.0. The molecule has 23 heteroatoms. The number of benzene rings is 4. The second-order valence-electron chi connectivity index (χ2n) is 22.7. The van der Waals surface area contributed by atoms with Gasteiger partial charge in [-0.15, -0.1) is 0 Å². The molecule has 2 unspecified atom stereocenters. The van der Waals surface area contributed by atoms with Crippen LogP contribution in [0.2, 0.25) is 13.6 Å². The number of hydrogen-bond acceptors (Lipinski definition) is 15. The van der Waals surface area contributed by atoms with Gasteiger partial charge in [0.2, 0.25) is 0 Å². The predicted octanol–water partition coefficient (Wildman–Crippen LogP) is 9.84. The average Bonchev–Trinajstić information content (AvgIpc) is 1.63. The molecular formula is C63H93B2N8O12P. The van der Waals surface area contributed by atoms with Gasteiger partial charge < -0.3 is 48.8 Å². The summed E-state index contributed by atoms with van der Waals surface area (Å²) in [7, 11) is -4.89. The highest BCUT2D eigenvalue weighted by molar-refractivity contribution is 7.53. The molecule has 5 N–H and O–H groups in total. The summed E-state index contributed by atoms with van der Waals surface area (Å²) >= 11 is 0. The summed E-state index contributed by atoms with van der Waals surface area (Å²) in [5.74, 6) is -2.27. The lowest BCUT2D eigenvalue weighted by Crippen LogP contribution is -2.47. The lowest BCUT2D eigenvalue weighted by atomic mass is 9.84. The van der Waals surface area contributed by atoms with Crippen LogP contribution >= 0.6 is 7.75 Å². The summed E-state index contributed by atoms with van der Waals surface area (Å²) in [6.07, 6.45) is 4.02. The molecule has 2 aromatic heterocycles. The van der Waals surface area contributed by atoms with Crippen molar-refractivity contribution in [1.82, 2.24) is 39.1 Å². The Balaban J connectivity index is 0.000000369. The van der Waals surface area contributed by atoms with Crippen LogP contribution in [0.3, 0.4) is 0 Å². The van der Waals surface area contributed by atoms with Gasteiger partial charge in [-0.2, -0.15) is 0 Å². The average molecular weight is 1210 g/mol. The molecular weight excluding hydrogens is 1110 g/mol. The van der Waals surface area contributed by atoms with Gasteiger partial charge in [-0.1, -0.05) is 185 Å². The van der Waals surface area contributed by atoms with Gasteiger partial charge in [-0.3, -0.25) is 18.6 Å². The van der Waals surface area contributed by atoms with Crippen molar-refractivity contribution in [3.05, 3.63) is 156 Å². The van der Waals surface area contributed by atoms with E-state index >= 15 is 0 Å². The molecule has 0 spiro atoms. The SMILES string of the molecule is C.C.C.CB(O)NCC1COC(=O)C(=O)N([C@@H](c2nc(-c3ccccc3)cn2Cc2ccccc2)C(C)(C)C)C1.CC(C)(C)[C@H](c1nc(-c2ccccc2)cn1Cc1ccccc1)N1CC(CO)COC(=O)C1=O.CCOP(=O)(NB(C)O)OCC. The van der Waals surface area contributed by atoms with Crippen molar-refractivity contribution in [3.63, 3.8) is 0 Å². The normalized spacial score (nSPS) is 16.2. The van der Waals surface area contributed by atoms with Gasteiger partial charge in [0.05, 0.1) is 56.5 Å². The minimum atomic E-state index is -3.28. The Morgan fingerprint density at radius 3 is 1.30 bits per heavy atom. The fourth-order valence-corrected chi connectivity index (χ4v) is 11.2. The zero-order valence-electron chi connectivity index (χ0n) is 49.4. The van der Waals surface area contributed by atoms with Gasteiger partial charge >= 0.3 is 45.6 Å². The van der Waals surface area contributed by atoms with E-state index in [-0.39, 0.29) is 73.7 Å². The number of hydrogen-bond donors (Lipinski definition) is 5. The Labute approximate surface area is 510 Å². The van der Waals surface area contributed by atoms with Crippen molar-refractivity contribution >= 4 is 45.6 Å². The Kier molecular flexibility index (Phi) is 29.0. The molecule has 2 fully saturated rings. The van der Waals surface area contributed by atoms with Crippen molar-refractivity contribution in [3.8, 4) is 22.5 Å². The molecule has 0 radical (unpaired) electrons. The number of cyclic esters (lactones) is 2. The van der Waals surface area contributed by atoms with E-state index in [4.69, 9.17) is 33.5 Å². The number of nitrogens with one attached hydrogen (secondary N) is 2. The summed E-state index contributed by atoms with van der Waals surface area (Å²) in [5.41, 5.74) is 4.85. The molecule has 0 aliphatic carbocycles. The van der Waals surface area contributed by atoms with Gasteiger partial charge in [-0.25, -0.2) is 29.1 Å². The molecule has 2 saturated heterocycles. The third-order valence-corrected chi connectivity index (χ3v) is 15.4. The van der Waals surface area contributed by atoms with Crippen LogP contribution < -0.4 is 10.2 Å². The maximum atomic E-state index is 13.4. The molecule has 4 atom stereocenters. The number of rotatable bonds is 20. The third-order valence-electron chi connectivity index (χ3n) is 13.5. The van der Waals surface area contributed by atoms with E-state index in [2.05, 4.69) is 31.5 Å². The number of amides is 2. The molecule has 86 heavy (non-hydrogen) atoms. The van der Waals surface area contributed by atoms with Crippen molar-refractivity contribution < 1.29 is 57.4 Å². The molecule has 0 bridgehead atoms. The first-order valence-corrected chi connectivity index (χ1v) is 29.6. The molecule has 20 nitrogen and oxygen atoms in total. The molecule has 2 amide bonds. The van der Waals surface area contributed by atoms with Crippen molar-refractivity contribution in [2.45, 2.75) is 116 Å². The summed E-state index contributed by atoms with van der Waals surface area (Å²) in [5, 5.41) is 31.4. The first-order chi connectivity index (χ1) is 39.4. The quantitative estimate of drug-likeness (QED) is 0.0206. The van der Waals surface area contributed by atoms with Crippen LogP contribution in [0.4, 0.5) is 0 Å². The zero-order valence-corrected chi connectivity index (χ0v) is 50.3. The van der Waals surface area contributed by atoms with E-state index in [1.807, 2.05) is 163 Å². The van der Waals surface area contributed by atoms with Crippen LogP contribution in [-0.4, -0.2) is 135 Å². The number of aliphatic hydroxyl groups is 1. The van der Waals surface area contributed by atoms with Gasteiger partial charge in [0, 0.05) is 61.5 Å². The lowest BCUT2D eigenvalue weighted by molar-refractivity contribution is -0.160. The molecule has 468 valence electrons. The van der Waals surface area contributed by atoms with Gasteiger partial charge in [0.15, 0.2) is 0 Å². The number of esters is 2. The van der Waals surface area contributed by atoms with E-state index in [0.29, 0.717) is 37.8 Å². The zero-order chi connectivity index (χ0) is 60.5. The molecule has 4 heterocycles. The van der Waals surface area contributed by atoms with E-state index in [0.717, 1.165) is 33.6 Å². The van der Waals surface area contributed by atoms with Crippen LogP contribution in [0.5, 0.6) is 0 Å². The standard InChI is InChI=1S/C28H35BN4O4.C27H31N3O4.C5H15BNO4P.3CH4/c1-28(2,3)24(33-17-21(15-30-29(4)36)19-37-27(35)26(33)34)25-31-23(22-13-9-6-10-14-22)18-32(25)16-20-11-7-5-8-12-20;1-27(2,3)23(30-15-20(17-31)18-34-26(33)25(30)32)24-28-22(21-12-8-5-9-13-21)16-29(24)14-19-10-6-4-7-11-19;1-4-10-12(9,11-5-2)7-6(3)8;;;/h5-14,18,21,24,30,36H,15-17,19H2,1-4H3;4-13,16,20,23,31H,14-15,17-18H2,1-3H3;8H,4-5H2,1-3H3,(H,7,9);3*1H4/t21?,24-;20?,23-;;;;/m00..../s1. The highest BCUT2D eigenvalue weighted by atomic mass is 31.2. The topological polar surface area (TPSA) is 249 Å². The Bertz CT molecular complexity index is 3060. The highest BCUT2D eigenvalue weighted by Crippen LogP contribution is 2.44. The van der Waals surface area contributed by atoms with E-state index < -0.39 is 68.5 Å². The molecule has 6 aromatic rings. The number of nitrogens with zero attached hydrogens (tertiary/aromatic N) is 6. The van der Waals surface area contributed by atoms with Crippen LogP contribution in [0.1, 0.15) is 113 Å². The first-order valence-electron chi connectivity index (χ1n) is 28.1. The van der Waals surface area contributed by atoms with Gasteiger partial charge in [-0.05, 0) is 56.0 Å². The summed E-state index contributed by atoms with van der Waals surface area (Å²) < 4.78 is 35.8. The first kappa shape index (κ1) is 73.5. The minimum absolute atomic E-state index is 0. The number of aliphatic hydroxyl groups excluding tert-OH is 1. The second-order valence-corrected chi connectivity index (χ2v) is 24.5. The van der Waals surface area contributed by atoms with E-state index in [9.17, 15) is 33.9 Å². The van der Waals surface area contributed by atoms with E-state index in [1.54, 1.807) is 25.6 Å². The summed E-state index contributed by atoms with van der Waals surface area (Å²) in [6.45, 7) is 21.3. The second kappa shape index (κ2) is 34.0. The van der Waals surface area contributed by atoms with Gasteiger partial charge in [0.25, 0.3) is 0 Å². The fraction of sp³-hybridized carbons (Fsp3) is 0.460. The number of aromatic nitrogens is 4. The van der Waals surface area contributed by atoms with Crippen molar-refractivity contribution in [2.75, 3.05) is 52.7 Å². The smallest absolute Gasteiger partial charge is 0.397 e. The molecule has 0 saturated carbocycles. The monoisotopic (exact) mass is 1210 g/mol. The number of ether oxygens (including phenoxy) is 2. The lowest BCUT2D eigenvalue weighted by Gasteiger charge is -2.39. The summed E-state index contributed by atoms with van der Waals surface area (Å²) in [4.78, 5) is 67.2. The minimum Gasteiger partial charge on any atom is -0.458 e. The van der Waals surface area contributed by atoms with Crippen LogP contribution in [0.15, 0.2) is 134 Å². The van der Waals surface area contributed by atoms with Crippen LogP contribution in [0.25, 0.3) is 22.5 Å². The number of carbonyl (C=O) groups is 4. The molecule has 8 rings (SSSR count). The molecule has 2 aliphatic heterocycles. The maximum Gasteiger partial charge on any atom is 0.397 e. The van der Waals surface area contributed by atoms with Crippen molar-refractivity contribution in [1.29, 1.82) is 0 Å². The van der Waals surface area contributed by atoms with Crippen LogP contribution in [0, 0.1) is 22.7 Å². The fourth-order valence-electron chi connectivity index (χ4n) is 9.86. The van der Waals surface area contributed by atoms with E-state index in [1.165, 1.54) is 11.7 Å². The Hall–Kier alpha value is -6.74. The Morgan fingerprint density at radius 1 is 0.605 bits per heavy atom. The van der Waals surface area contributed by atoms with Crippen LogP contribution in [-0.2, 0) is 55.4 Å². The molecule has 4 aromatic carbocycles. The highest BCUT2D eigenvalue weighted by Gasteiger charge is 2.45. The third kappa shape index (κ3) is 20.7.